The third-order valence-corrected chi connectivity index (χ3v) is 5.38. The van der Waals surface area contributed by atoms with Crippen LogP contribution in [0.15, 0.2) is 29.3 Å². The van der Waals surface area contributed by atoms with Crippen molar-refractivity contribution < 1.29 is 21.9 Å². The lowest BCUT2D eigenvalue weighted by atomic mass is 10.2. The second-order valence-corrected chi connectivity index (χ2v) is 7.42. The van der Waals surface area contributed by atoms with E-state index in [4.69, 9.17) is 21.6 Å². The van der Waals surface area contributed by atoms with Crippen molar-refractivity contribution in [3.8, 4) is 11.9 Å². The second-order valence-electron chi connectivity index (χ2n) is 5.36. The Morgan fingerprint density at radius 2 is 2.15 bits per heavy atom. The average molecular weight is 413 g/mol. The Hall–Kier alpha value is -2.90. The van der Waals surface area contributed by atoms with E-state index in [0.29, 0.717) is 0 Å². The predicted molar refractivity (Wildman–Crippen MR) is 94.1 cm³/mol. The van der Waals surface area contributed by atoms with Crippen LogP contribution in [0, 0.1) is 23.0 Å². The molecule has 0 aliphatic carbocycles. The topological polar surface area (TPSA) is 108 Å². The number of hydrogen-bond donors (Lipinski definition) is 2. The SMILES string of the molecule is COc1nc(NS(=O)(=O)c2c[nH]c3c(F)c(Cl)ccc23)c(F)cc1CC#N. The third kappa shape index (κ3) is 3.39. The number of methoxy groups -OCH3 is 1. The van der Waals surface area contributed by atoms with Crippen molar-refractivity contribution in [2.45, 2.75) is 11.3 Å². The number of hydrogen-bond acceptors (Lipinski definition) is 5. The molecule has 2 aromatic heterocycles. The van der Waals surface area contributed by atoms with E-state index in [2.05, 4.69) is 9.97 Å². The van der Waals surface area contributed by atoms with Gasteiger partial charge in [-0.25, -0.2) is 17.2 Å². The number of nitriles is 1. The standard InChI is InChI=1S/C16H11ClF2N4O3S/c1-26-16-8(4-5-20)6-11(18)15(22-16)23-27(24,25)12-7-21-14-9(12)2-3-10(17)13(14)19/h2-3,6-7,21H,4H2,1H3,(H,22,23). The van der Waals surface area contributed by atoms with Gasteiger partial charge in [-0.05, 0) is 18.2 Å². The van der Waals surface area contributed by atoms with E-state index < -0.39 is 27.5 Å². The van der Waals surface area contributed by atoms with Gasteiger partial charge in [0.2, 0.25) is 5.88 Å². The van der Waals surface area contributed by atoms with Crippen molar-refractivity contribution in [3.05, 3.63) is 46.6 Å². The van der Waals surface area contributed by atoms with Gasteiger partial charge in [-0.1, -0.05) is 11.6 Å². The molecule has 0 bridgehead atoms. The summed E-state index contributed by atoms with van der Waals surface area (Å²) in [6, 6.07) is 5.33. The van der Waals surface area contributed by atoms with E-state index in [9.17, 15) is 17.2 Å². The summed E-state index contributed by atoms with van der Waals surface area (Å²) in [5.74, 6) is -2.49. The van der Waals surface area contributed by atoms with Gasteiger partial charge in [0.25, 0.3) is 10.0 Å². The van der Waals surface area contributed by atoms with Crippen LogP contribution in [0.2, 0.25) is 5.02 Å². The van der Waals surface area contributed by atoms with Gasteiger partial charge < -0.3 is 9.72 Å². The lowest BCUT2D eigenvalue weighted by Gasteiger charge is -2.11. The van der Waals surface area contributed by atoms with Gasteiger partial charge in [-0.3, -0.25) is 4.72 Å². The number of aromatic nitrogens is 2. The molecule has 0 aliphatic heterocycles. The van der Waals surface area contributed by atoms with Crippen LogP contribution in [0.3, 0.4) is 0 Å². The molecule has 0 saturated carbocycles. The predicted octanol–water partition coefficient (Wildman–Crippen LogP) is 3.37. The molecule has 3 aromatic rings. The number of rotatable bonds is 5. The highest BCUT2D eigenvalue weighted by Crippen LogP contribution is 2.30. The molecule has 11 heteroatoms. The fourth-order valence-corrected chi connectivity index (χ4v) is 3.83. The Labute approximate surface area is 157 Å². The van der Waals surface area contributed by atoms with Gasteiger partial charge in [-0.15, -0.1) is 0 Å². The highest BCUT2D eigenvalue weighted by molar-refractivity contribution is 7.93. The minimum absolute atomic E-state index is 0.0397. The van der Waals surface area contributed by atoms with Gasteiger partial charge in [0, 0.05) is 17.1 Å². The fourth-order valence-electron chi connectivity index (χ4n) is 2.49. The maximum Gasteiger partial charge on any atom is 0.265 e. The molecule has 0 spiro atoms. The summed E-state index contributed by atoms with van der Waals surface area (Å²) >= 11 is 5.68. The first-order valence-electron chi connectivity index (χ1n) is 7.36. The first kappa shape index (κ1) is 18.9. The molecule has 0 atom stereocenters. The largest absolute Gasteiger partial charge is 0.481 e. The highest BCUT2D eigenvalue weighted by Gasteiger charge is 2.24. The van der Waals surface area contributed by atoms with E-state index in [-0.39, 0.29) is 38.7 Å². The van der Waals surface area contributed by atoms with Crippen LogP contribution in [-0.2, 0) is 16.4 Å². The monoisotopic (exact) mass is 412 g/mol. The Balaban J connectivity index is 2.06. The molecular weight excluding hydrogens is 402 g/mol. The number of benzene rings is 1. The van der Waals surface area contributed by atoms with Crippen molar-refractivity contribution >= 4 is 38.3 Å². The maximum atomic E-state index is 14.3. The third-order valence-electron chi connectivity index (χ3n) is 3.71. The molecule has 3 rings (SSSR count). The van der Waals surface area contributed by atoms with Crippen molar-refractivity contribution in [1.82, 2.24) is 9.97 Å². The van der Waals surface area contributed by atoms with Crippen LogP contribution in [0.4, 0.5) is 14.6 Å². The number of ether oxygens (including phenoxy) is 1. The Bertz CT molecular complexity index is 1190. The Morgan fingerprint density at radius 3 is 2.81 bits per heavy atom. The normalized spacial score (nSPS) is 11.4. The highest BCUT2D eigenvalue weighted by atomic mass is 35.5. The summed E-state index contributed by atoms with van der Waals surface area (Å²) in [5.41, 5.74) is 0.0718. The van der Waals surface area contributed by atoms with E-state index in [1.165, 1.54) is 19.2 Å². The van der Waals surface area contributed by atoms with Crippen LogP contribution in [0.1, 0.15) is 5.56 Å². The molecule has 7 nitrogen and oxygen atoms in total. The summed E-state index contributed by atoms with van der Waals surface area (Å²) in [5, 5.41) is 8.61. The van der Waals surface area contributed by atoms with Crippen molar-refractivity contribution in [2.24, 2.45) is 0 Å². The van der Waals surface area contributed by atoms with Gasteiger partial charge in [0.15, 0.2) is 17.5 Å². The minimum atomic E-state index is -4.31. The van der Waals surface area contributed by atoms with E-state index in [0.717, 1.165) is 12.3 Å². The van der Waals surface area contributed by atoms with Crippen molar-refractivity contribution in [3.63, 3.8) is 0 Å². The first-order valence-corrected chi connectivity index (χ1v) is 9.23. The summed E-state index contributed by atoms with van der Waals surface area (Å²) in [4.78, 5) is 5.96. The second kappa shape index (κ2) is 7.02. The van der Waals surface area contributed by atoms with E-state index in [1.54, 1.807) is 0 Å². The molecule has 140 valence electrons. The molecule has 27 heavy (non-hydrogen) atoms. The zero-order valence-electron chi connectivity index (χ0n) is 13.7. The molecule has 0 saturated heterocycles. The summed E-state index contributed by atoms with van der Waals surface area (Å²) < 4.78 is 60.5. The minimum Gasteiger partial charge on any atom is -0.481 e. The lowest BCUT2D eigenvalue weighted by molar-refractivity contribution is 0.392. The van der Waals surface area contributed by atoms with Crippen molar-refractivity contribution in [1.29, 1.82) is 5.26 Å². The van der Waals surface area contributed by atoms with Crippen LogP contribution in [0.25, 0.3) is 10.9 Å². The molecule has 1 aromatic carbocycles. The smallest absolute Gasteiger partial charge is 0.265 e. The molecule has 0 unspecified atom stereocenters. The summed E-state index contributed by atoms with van der Waals surface area (Å²) in [7, 11) is -3.06. The number of fused-ring (bicyclic) bond motifs is 1. The van der Waals surface area contributed by atoms with Gasteiger partial charge in [0.1, 0.15) is 4.90 Å². The van der Waals surface area contributed by atoms with Crippen LogP contribution >= 0.6 is 11.6 Å². The average Bonchev–Trinajstić information content (AvgIpc) is 3.06. The Morgan fingerprint density at radius 1 is 1.41 bits per heavy atom. The number of aromatic amines is 1. The zero-order valence-corrected chi connectivity index (χ0v) is 15.3. The van der Waals surface area contributed by atoms with Crippen LogP contribution in [0.5, 0.6) is 5.88 Å². The molecular formula is C16H11ClF2N4O3S. The number of nitrogens with zero attached hydrogens (tertiary/aromatic N) is 2. The molecule has 0 fully saturated rings. The molecule has 0 amide bonds. The van der Waals surface area contributed by atoms with E-state index >= 15 is 0 Å². The number of anilines is 1. The quantitative estimate of drug-likeness (QED) is 0.668. The molecule has 0 radical (unpaired) electrons. The molecule has 2 heterocycles. The number of H-pyrrole nitrogens is 1. The zero-order chi connectivity index (χ0) is 19.8. The van der Waals surface area contributed by atoms with Gasteiger partial charge >= 0.3 is 0 Å². The van der Waals surface area contributed by atoms with Gasteiger partial charge in [0.05, 0.1) is 30.1 Å². The number of pyridine rings is 1. The molecule has 0 aliphatic rings. The number of halogens is 3. The summed E-state index contributed by atoms with van der Waals surface area (Å²) in [6.07, 6.45) is 0.897. The first-order chi connectivity index (χ1) is 12.8. The molecule has 2 N–H and O–H groups in total. The Kier molecular flexibility index (Phi) is 4.91. The number of nitrogens with one attached hydrogen (secondary N) is 2. The lowest BCUT2D eigenvalue weighted by Crippen LogP contribution is -2.15. The van der Waals surface area contributed by atoms with Crippen LogP contribution < -0.4 is 9.46 Å². The van der Waals surface area contributed by atoms with E-state index in [1.807, 2.05) is 10.8 Å². The number of sulfonamides is 1. The fraction of sp³-hybridized carbons (Fsp3) is 0.125. The van der Waals surface area contributed by atoms with Crippen LogP contribution in [-0.4, -0.2) is 25.5 Å². The van der Waals surface area contributed by atoms with Gasteiger partial charge in [-0.2, -0.15) is 10.2 Å². The maximum absolute atomic E-state index is 14.3. The summed E-state index contributed by atoms with van der Waals surface area (Å²) in [6.45, 7) is 0. The van der Waals surface area contributed by atoms with Crippen molar-refractivity contribution in [2.75, 3.05) is 11.8 Å².